The lowest BCUT2D eigenvalue weighted by Crippen LogP contribution is -2.15. The van der Waals surface area contributed by atoms with Crippen LogP contribution in [0.1, 0.15) is 23.6 Å². The first-order valence-electron chi connectivity index (χ1n) is 4.27. The van der Waals surface area contributed by atoms with Crippen molar-refractivity contribution in [3.05, 3.63) is 35.4 Å². The Morgan fingerprint density at radius 2 is 1.71 bits per heavy atom. The van der Waals surface area contributed by atoms with Gasteiger partial charge in [-0.2, -0.15) is 0 Å². The van der Waals surface area contributed by atoms with E-state index in [0.29, 0.717) is 6.61 Å². The third kappa shape index (κ3) is 2.75. The van der Waals surface area contributed by atoms with Crippen LogP contribution in [0, 0.1) is 0 Å². The van der Waals surface area contributed by atoms with Gasteiger partial charge in [-0.25, -0.2) is 8.78 Å². The van der Waals surface area contributed by atoms with Gasteiger partial charge in [0.05, 0.1) is 12.6 Å². The Balaban J connectivity index is 2.72. The smallest absolute Gasteiger partial charge is 0.263 e. The lowest BCUT2D eigenvalue weighted by atomic mass is 10.1. The third-order valence-corrected chi connectivity index (χ3v) is 1.96. The van der Waals surface area contributed by atoms with Crippen molar-refractivity contribution in [3.63, 3.8) is 0 Å². The molecular formula is C10H13F2NO. The molecule has 0 aromatic heterocycles. The molecule has 2 N–H and O–H groups in total. The Labute approximate surface area is 81.7 Å². The summed E-state index contributed by atoms with van der Waals surface area (Å²) in [4.78, 5) is 0. The highest BCUT2D eigenvalue weighted by molar-refractivity contribution is 5.25. The number of rotatable bonds is 4. The van der Waals surface area contributed by atoms with E-state index >= 15 is 0 Å². The number of alkyl halides is 2. The molecule has 78 valence electrons. The number of hydrogen-bond donors (Lipinski definition) is 1. The Morgan fingerprint density at radius 1 is 1.21 bits per heavy atom. The van der Waals surface area contributed by atoms with E-state index in [1.165, 1.54) is 12.1 Å². The zero-order valence-electron chi connectivity index (χ0n) is 7.91. The second-order valence-corrected chi connectivity index (χ2v) is 3.03. The van der Waals surface area contributed by atoms with Gasteiger partial charge in [-0.05, 0) is 5.56 Å². The third-order valence-electron chi connectivity index (χ3n) is 1.96. The minimum absolute atomic E-state index is 0.0124. The summed E-state index contributed by atoms with van der Waals surface area (Å²) in [5.41, 5.74) is 6.53. The molecule has 2 nitrogen and oxygen atoms in total. The molecule has 0 radical (unpaired) electrons. The predicted octanol–water partition coefficient (Wildman–Crippen LogP) is 2.27. The second kappa shape index (κ2) is 5.02. The van der Waals surface area contributed by atoms with Gasteiger partial charge in [-0.15, -0.1) is 0 Å². The predicted molar refractivity (Wildman–Crippen MR) is 50.2 cm³/mol. The fourth-order valence-corrected chi connectivity index (χ4v) is 1.16. The molecule has 1 atom stereocenters. The monoisotopic (exact) mass is 201 g/mol. The average molecular weight is 201 g/mol. The van der Waals surface area contributed by atoms with Crippen LogP contribution in [0.15, 0.2) is 24.3 Å². The summed E-state index contributed by atoms with van der Waals surface area (Å²) in [5, 5.41) is 0. The van der Waals surface area contributed by atoms with Gasteiger partial charge in [0, 0.05) is 12.7 Å². The van der Waals surface area contributed by atoms with E-state index in [9.17, 15) is 8.78 Å². The average Bonchev–Trinajstić information content (AvgIpc) is 2.18. The van der Waals surface area contributed by atoms with Crippen LogP contribution >= 0.6 is 0 Å². The Kier molecular flexibility index (Phi) is 3.98. The fourth-order valence-electron chi connectivity index (χ4n) is 1.16. The van der Waals surface area contributed by atoms with Crippen LogP contribution in [0.2, 0.25) is 0 Å². The van der Waals surface area contributed by atoms with Gasteiger partial charge in [0.1, 0.15) is 0 Å². The molecule has 0 bridgehead atoms. The molecule has 0 spiro atoms. The van der Waals surface area contributed by atoms with E-state index in [-0.39, 0.29) is 11.6 Å². The molecule has 4 heteroatoms. The van der Waals surface area contributed by atoms with Gasteiger partial charge in [0.25, 0.3) is 6.43 Å². The van der Waals surface area contributed by atoms with Crippen LogP contribution in [-0.2, 0) is 4.74 Å². The summed E-state index contributed by atoms with van der Waals surface area (Å²) in [5.74, 6) is 0. The topological polar surface area (TPSA) is 35.2 Å². The maximum absolute atomic E-state index is 12.2. The van der Waals surface area contributed by atoms with Crippen molar-refractivity contribution < 1.29 is 13.5 Å². The minimum atomic E-state index is -2.43. The highest BCUT2D eigenvalue weighted by atomic mass is 19.3. The molecule has 14 heavy (non-hydrogen) atoms. The quantitative estimate of drug-likeness (QED) is 0.811. The first-order chi connectivity index (χ1) is 6.65. The molecule has 1 rings (SSSR count). The van der Waals surface area contributed by atoms with E-state index in [1.807, 2.05) is 0 Å². The summed E-state index contributed by atoms with van der Waals surface area (Å²) in [6, 6.07) is 5.72. The normalized spacial score (nSPS) is 13.2. The molecule has 0 amide bonds. The number of hydrogen-bond acceptors (Lipinski definition) is 2. The Morgan fingerprint density at radius 3 is 2.14 bits per heavy atom. The number of benzene rings is 1. The maximum atomic E-state index is 12.2. The van der Waals surface area contributed by atoms with Gasteiger partial charge < -0.3 is 10.5 Å². The van der Waals surface area contributed by atoms with Crippen molar-refractivity contribution >= 4 is 0 Å². The molecule has 0 aliphatic carbocycles. The van der Waals surface area contributed by atoms with Crippen molar-refractivity contribution in [3.8, 4) is 0 Å². The van der Waals surface area contributed by atoms with Crippen LogP contribution in [0.5, 0.6) is 0 Å². The van der Waals surface area contributed by atoms with Gasteiger partial charge in [0.2, 0.25) is 0 Å². The molecular weight excluding hydrogens is 188 g/mol. The van der Waals surface area contributed by atoms with Crippen molar-refractivity contribution in [2.24, 2.45) is 5.73 Å². The van der Waals surface area contributed by atoms with Crippen LogP contribution < -0.4 is 5.73 Å². The minimum Gasteiger partial charge on any atom is -0.383 e. The molecule has 0 aliphatic heterocycles. The summed E-state index contributed by atoms with van der Waals surface area (Å²) in [6.45, 7) is 0.383. The molecule has 0 unspecified atom stereocenters. The first kappa shape index (κ1) is 11.1. The van der Waals surface area contributed by atoms with Crippen LogP contribution in [0.4, 0.5) is 8.78 Å². The Hall–Kier alpha value is -1.00. The molecule has 0 aliphatic rings. The van der Waals surface area contributed by atoms with Crippen molar-refractivity contribution in [2.75, 3.05) is 13.7 Å². The standard InChI is InChI=1S/C10H13F2NO/c1-14-6-9(13)7-2-4-8(5-3-7)10(11)12/h2-5,9-10H,6,13H2,1H3/t9-/m0/s1. The highest BCUT2D eigenvalue weighted by Gasteiger charge is 2.08. The largest absolute Gasteiger partial charge is 0.383 e. The lowest BCUT2D eigenvalue weighted by Gasteiger charge is -2.11. The number of ether oxygens (including phenoxy) is 1. The second-order valence-electron chi connectivity index (χ2n) is 3.03. The molecule has 0 saturated carbocycles. The van der Waals surface area contributed by atoms with Crippen molar-refractivity contribution in [2.45, 2.75) is 12.5 Å². The summed E-state index contributed by atoms with van der Waals surface area (Å²) in [7, 11) is 1.55. The van der Waals surface area contributed by atoms with Crippen LogP contribution in [-0.4, -0.2) is 13.7 Å². The maximum Gasteiger partial charge on any atom is 0.263 e. The summed E-state index contributed by atoms with van der Waals surface area (Å²) >= 11 is 0. The van der Waals surface area contributed by atoms with E-state index in [0.717, 1.165) is 5.56 Å². The summed E-state index contributed by atoms with van der Waals surface area (Å²) < 4.78 is 29.2. The number of nitrogens with two attached hydrogens (primary N) is 1. The zero-order valence-corrected chi connectivity index (χ0v) is 7.91. The van der Waals surface area contributed by atoms with Gasteiger partial charge in [-0.3, -0.25) is 0 Å². The SMILES string of the molecule is COC[C@H](N)c1ccc(C(F)F)cc1. The van der Waals surface area contributed by atoms with Crippen LogP contribution in [0.25, 0.3) is 0 Å². The molecule has 1 aromatic rings. The molecule has 0 saturated heterocycles. The summed E-state index contributed by atoms with van der Waals surface area (Å²) in [6.07, 6.45) is -2.43. The van der Waals surface area contributed by atoms with E-state index in [4.69, 9.17) is 10.5 Å². The molecule has 1 aromatic carbocycles. The molecule has 0 fully saturated rings. The number of methoxy groups -OCH3 is 1. The Bertz CT molecular complexity index is 274. The van der Waals surface area contributed by atoms with Crippen molar-refractivity contribution in [1.82, 2.24) is 0 Å². The van der Waals surface area contributed by atoms with E-state index in [1.54, 1.807) is 19.2 Å². The van der Waals surface area contributed by atoms with Crippen LogP contribution in [0.3, 0.4) is 0 Å². The highest BCUT2D eigenvalue weighted by Crippen LogP contribution is 2.20. The zero-order chi connectivity index (χ0) is 10.6. The first-order valence-corrected chi connectivity index (χ1v) is 4.27. The van der Waals surface area contributed by atoms with Crippen molar-refractivity contribution in [1.29, 1.82) is 0 Å². The van der Waals surface area contributed by atoms with E-state index in [2.05, 4.69) is 0 Å². The van der Waals surface area contributed by atoms with Gasteiger partial charge in [-0.1, -0.05) is 24.3 Å². The van der Waals surface area contributed by atoms with E-state index < -0.39 is 6.43 Å². The number of halogens is 2. The molecule has 0 heterocycles. The van der Waals surface area contributed by atoms with Gasteiger partial charge in [0.15, 0.2) is 0 Å². The van der Waals surface area contributed by atoms with Gasteiger partial charge >= 0.3 is 0 Å². The lowest BCUT2D eigenvalue weighted by molar-refractivity contribution is 0.151. The fraction of sp³-hybridized carbons (Fsp3) is 0.400.